The number of nitrogens with one attached hydrogen (secondary N) is 1. The second-order valence-corrected chi connectivity index (χ2v) is 5.24. The first-order valence-corrected chi connectivity index (χ1v) is 7.58. The van der Waals surface area contributed by atoms with Crippen LogP contribution in [0.1, 0.15) is 37.7 Å². The van der Waals surface area contributed by atoms with E-state index in [1.807, 2.05) is 24.3 Å². The van der Waals surface area contributed by atoms with Crippen molar-refractivity contribution in [2.75, 3.05) is 13.7 Å². The van der Waals surface area contributed by atoms with Gasteiger partial charge in [-0.1, -0.05) is 36.2 Å². The summed E-state index contributed by atoms with van der Waals surface area (Å²) in [5, 5.41) is 3.58. The molecule has 0 heterocycles. The average Bonchev–Trinajstić information content (AvgIpc) is 2.49. The van der Waals surface area contributed by atoms with E-state index < -0.39 is 0 Å². The highest BCUT2D eigenvalue weighted by Crippen LogP contribution is 2.16. The van der Waals surface area contributed by atoms with E-state index in [-0.39, 0.29) is 11.9 Å². The number of carbonyl (C=O) groups is 2. The molecule has 0 saturated carbocycles. The van der Waals surface area contributed by atoms with Crippen molar-refractivity contribution in [3.8, 4) is 0 Å². The van der Waals surface area contributed by atoms with Gasteiger partial charge in [-0.15, -0.1) is 0 Å². The molecule has 0 bridgehead atoms. The molecule has 0 atom stereocenters. The summed E-state index contributed by atoms with van der Waals surface area (Å²) in [7, 11) is 1.39. The van der Waals surface area contributed by atoms with Gasteiger partial charge in [-0.25, -0.2) is 0 Å². The van der Waals surface area contributed by atoms with Crippen LogP contribution in [0.2, 0.25) is 5.02 Å². The van der Waals surface area contributed by atoms with E-state index in [0.29, 0.717) is 30.8 Å². The molecule has 1 aromatic rings. The third-order valence-electron chi connectivity index (χ3n) is 3.19. The van der Waals surface area contributed by atoms with Gasteiger partial charge in [0.15, 0.2) is 0 Å². The molecule has 1 N–H and O–H groups in total. The van der Waals surface area contributed by atoms with Crippen molar-refractivity contribution in [3.05, 3.63) is 34.9 Å². The van der Waals surface area contributed by atoms with E-state index >= 15 is 0 Å². The van der Waals surface area contributed by atoms with Crippen LogP contribution in [0.5, 0.6) is 0 Å². The predicted molar refractivity (Wildman–Crippen MR) is 83.3 cm³/mol. The SMILES string of the molecule is COC(=O)CCCCCNC(=O)CCc1ccccc1Cl. The Balaban J connectivity index is 2.07. The number of halogens is 1. The fourth-order valence-electron chi connectivity index (χ4n) is 1.94. The van der Waals surface area contributed by atoms with Gasteiger partial charge in [0.2, 0.25) is 5.91 Å². The van der Waals surface area contributed by atoms with Crippen LogP contribution in [0.3, 0.4) is 0 Å². The smallest absolute Gasteiger partial charge is 0.305 e. The number of rotatable bonds is 9. The lowest BCUT2D eigenvalue weighted by molar-refractivity contribution is -0.140. The molecule has 0 spiro atoms. The van der Waals surface area contributed by atoms with Gasteiger partial charge in [-0.05, 0) is 30.9 Å². The van der Waals surface area contributed by atoms with Gasteiger partial charge in [0.25, 0.3) is 0 Å². The summed E-state index contributed by atoms with van der Waals surface area (Å²) in [6.07, 6.45) is 4.09. The fraction of sp³-hybridized carbons (Fsp3) is 0.500. The third kappa shape index (κ3) is 7.71. The molecule has 1 aromatic carbocycles. The van der Waals surface area contributed by atoms with Crippen molar-refractivity contribution in [1.82, 2.24) is 5.32 Å². The molecule has 0 aromatic heterocycles. The Morgan fingerprint density at radius 2 is 1.90 bits per heavy atom. The van der Waals surface area contributed by atoms with E-state index in [4.69, 9.17) is 11.6 Å². The number of aryl methyl sites for hydroxylation is 1. The zero-order chi connectivity index (χ0) is 15.5. The molecular weight excluding hydrogens is 290 g/mol. The van der Waals surface area contributed by atoms with Gasteiger partial charge in [-0.3, -0.25) is 9.59 Å². The van der Waals surface area contributed by atoms with E-state index in [0.717, 1.165) is 24.8 Å². The molecule has 4 nitrogen and oxygen atoms in total. The van der Waals surface area contributed by atoms with Crippen molar-refractivity contribution >= 4 is 23.5 Å². The van der Waals surface area contributed by atoms with Crippen LogP contribution < -0.4 is 5.32 Å². The Morgan fingerprint density at radius 3 is 2.62 bits per heavy atom. The predicted octanol–water partition coefficient (Wildman–Crippen LogP) is 3.12. The van der Waals surface area contributed by atoms with Crippen LogP contribution in [0.4, 0.5) is 0 Å². The van der Waals surface area contributed by atoms with Gasteiger partial charge in [0.05, 0.1) is 7.11 Å². The molecule has 21 heavy (non-hydrogen) atoms. The first-order chi connectivity index (χ1) is 10.1. The standard InChI is InChI=1S/C16H22ClNO3/c1-21-16(20)9-3-2-6-12-18-15(19)11-10-13-7-4-5-8-14(13)17/h4-5,7-8H,2-3,6,9-12H2,1H3,(H,18,19). The summed E-state index contributed by atoms with van der Waals surface area (Å²) in [4.78, 5) is 22.6. The second kappa shape index (κ2) is 10.2. The van der Waals surface area contributed by atoms with Crippen molar-refractivity contribution in [3.63, 3.8) is 0 Å². The van der Waals surface area contributed by atoms with Crippen LogP contribution in [-0.2, 0) is 20.7 Å². The van der Waals surface area contributed by atoms with Crippen LogP contribution in [0.25, 0.3) is 0 Å². The minimum Gasteiger partial charge on any atom is -0.469 e. The number of hydrogen-bond donors (Lipinski definition) is 1. The maximum atomic E-state index is 11.7. The highest BCUT2D eigenvalue weighted by Gasteiger charge is 2.04. The van der Waals surface area contributed by atoms with Gasteiger partial charge >= 0.3 is 5.97 Å². The first-order valence-electron chi connectivity index (χ1n) is 7.20. The number of carbonyl (C=O) groups excluding carboxylic acids is 2. The highest BCUT2D eigenvalue weighted by molar-refractivity contribution is 6.31. The molecule has 0 aliphatic carbocycles. The average molecular weight is 312 g/mol. The van der Waals surface area contributed by atoms with Crippen LogP contribution >= 0.6 is 11.6 Å². The Kier molecular flexibility index (Phi) is 8.51. The summed E-state index contributed by atoms with van der Waals surface area (Å²) >= 11 is 6.04. The topological polar surface area (TPSA) is 55.4 Å². The molecule has 0 fully saturated rings. The van der Waals surface area contributed by atoms with Crippen LogP contribution in [-0.4, -0.2) is 25.5 Å². The van der Waals surface area contributed by atoms with Gasteiger partial charge in [0, 0.05) is 24.4 Å². The first kappa shape index (κ1) is 17.5. The lowest BCUT2D eigenvalue weighted by Crippen LogP contribution is -2.24. The Hall–Kier alpha value is -1.55. The molecule has 0 aliphatic heterocycles. The number of unbranched alkanes of at least 4 members (excludes halogenated alkanes) is 2. The summed E-state index contributed by atoms with van der Waals surface area (Å²) in [5.74, 6) is -0.151. The quantitative estimate of drug-likeness (QED) is 0.563. The van der Waals surface area contributed by atoms with Crippen molar-refractivity contribution in [2.24, 2.45) is 0 Å². The largest absolute Gasteiger partial charge is 0.469 e. The summed E-state index contributed by atoms with van der Waals surface area (Å²) < 4.78 is 4.56. The maximum Gasteiger partial charge on any atom is 0.305 e. The lowest BCUT2D eigenvalue weighted by Gasteiger charge is -2.06. The molecule has 0 saturated heterocycles. The molecule has 5 heteroatoms. The van der Waals surface area contributed by atoms with Gasteiger partial charge in [0.1, 0.15) is 0 Å². The van der Waals surface area contributed by atoms with Crippen LogP contribution in [0, 0.1) is 0 Å². The van der Waals surface area contributed by atoms with Crippen molar-refractivity contribution in [1.29, 1.82) is 0 Å². The molecule has 116 valence electrons. The minimum atomic E-state index is -0.182. The fourth-order valence-corrected chi connectivity index (χ4v) is 2.17. The Morgan fingerprint density at radius 1 is 1.14 bits per heavy atom. The monoisotopic (exact) mass is 311 g/mol. The number of benzene rings is 1. The minimum absolute atomic E-state index is 0.0305. The normalized spacial score (nSPS) is 10.2. The highest BCUT2D eigenvalue weighted by atomic mass is 35.5. The summed E-state index contributed by atoms with van der Waals surface area (Å²) in [6, 6.07) is 7.55. The molecule has 1 rings (SSSR count). The van der Waals surface area contributed by atoms with E-state index in [2.05, 4.69) is 10.1 Å². The van der Waals surface area contributed by atoms with E-state index in [1.165, 1.54) is 7.11 Å². The van der Waals surface area contributed by atoms with Gasteiger partial charge < -0.3 is 10.1 Å². The van der Waals surface area contributed by atoms with Crippen molar-refractivity contribution < 1.29 is 14.3 Å². The third-order valence-corrected chi connectivity index (χ3v) is 3.56. The van der Waals surface area contributed by atoms with E-state index in [9.17, 15) is 9.59 Å². The number of hydrogen-bond acceptors (Lipinski definition) is 3. The molecular formula is C16H22ClNO3. The number of amides is 1. The number of esters is 1. The lowest BCUT2D eigenvalue weighted by atomic mass is 10.1. The van der Waals surface area contributed by atoms with E-state index in [1.54, 1.807) is 0 Å². The summed E-state index contributed by atoms with van der Waals surface area (Å²) in [6.45, 7) is 0.641. The molecule has 0 radical (unpaired) electrons. The molecule has 0 unspecified atom stereocenters. The maximum absolute atomic E-state index is 11.7. The zero-order valence-electron chi connectivity index (χ0n) is 12.4. The number of methoxy groups -OCH3 is 1. The zero-order valence-corrected chi connectivity index (χ0v) is 13.1. The van der Waals surface area contributed by atoms with Gasteiger partial charge in [-0.2, -0.15) is 0 Å². The Labute approximate surface area is 130 Å². The summed E-state index contributed by atoms with van der Waals surface area (Å²) in [5.41, 5.74) is 0.993. The number of ether oxygens (including phenoxy) is 1. The molecule has 0 aliphatic rings. The van der Waals surface area contributed by atoms with Crippen molar-refractivity contribution in [2.45, 2.75) is 38.5 Å². The second-order valence-electron chi connectivity index (χ2n) is 4.83. The Bertz CT molecular complexity index is 463. The van der Waals surface area contributed by atoms with Crippen LogP contribution in [0.15, 0.2) is 24.3 Å². The molecule has 1 amide bonds.